The van der Waals surface area contributed by atoms with Crippen LogP contribution in [-0.4, -0.2) is 5.54 Å². The predicted octanol–water partition coefficient (Wildman–Crippen LogP) is 3.17. The Bertz CT molecular complexity index is 324. The van der Waals surface area contributed by atoms with Crippen molar-refractivity contribution in [2.45, 2.75) is 39.3 Å². The van der Waals surface area contributed by atoms with Crippen LogP contribution in [0, 0.1) is 17.2 Å². The molecule has 1 heterocycles. The summed E-state index contributed by atoms with van der Waals surface area (Å²) in [4.78, 5) is 1.28. The molecule has 0 aromatic carbocycles. The van der Waals surface area contributed by atoms with E-state index in [0.717, 1.165) is 13.0 Å². The van der Waals surface area contributed by atoms with Crippen molar-refractivity contribution in [3.05, 3.63) is 22.4 Å². The van der Waals surface area contributed by atoms with Gasteiger partial charge in [0.2, 0.25) is 0 Å². The van der Waals surface area contributed by atoms with Gasteiger partial charge in [0.1, 0.15) is 5.54 Å². The Morgan fingerprint density at radius 3 is 2.73 bits per heavy atom. The van der Waals surface area contributed by atoms with E-state index in [2.05, 4.69) is 43.6 Å². The van der Waals surface area contributed by atoms with E-state index in [-0.39, 0.29) is 5.54 Å². The largest absolute Gasteiger partial charge is 0.294 e. The molecule has 0 saturated carbocycles. The highest BCUT2D eigenvalue weighted by atomic mass is 32.1. The highest BCUT2D eigenvalue weighted by molar-refractivity contribution is 7.09. The molecule has 82 valence electrons. The molecule has 1 aromatic rings. The van der Waals surface area contributed by atoms with Crippen molar-refractivity contribution in [3.8, 4) is 6.07 Å². The van der Waals surface area contributed by atoms with E-state index in [4.69, 9.17) is 0 Å². The normalized spacial score (nSPS) is 14.9. The van der Waals surface area contributed by atoms with Crippen LogP contribution in [0.25, 0.3) is 0 Å². The van der Waals surface area contributed by atoms with Gasteiger partial charge < -0.3 is 0 Å². The van der Waals surface area contributed by atoms with Crippen molar-refractivity contribution in [2.75, 3.05) is 0 Å². The van der Waals surface area contributed by atoms with Gasteiger partial charge in [-0.25, -0.2) is 0 Å². The van der Waals surface area contributed by atoms with E-state index in [1.165, 1.54) is 4.88 Å². The van der Waals surface area contributed by atoms with Crippen molar-refractivity contribution in [3.63, 3.8) is 0 Å². The van der Waals surface area contributed by atoms with Crippen molar-refractivity contribution in [1.82, 2.24) is 5.32 Å². The number of hydrogen-bond acceptors (Lipinski definition) is 3. The van der Waals surface area contributed by atoms with Gasteiger partial charge in [-0.3, -0.25) is 5.32 Å². The summed E-state index contributed by atoms with van der Waals surface area (Å²) in [5.41, 5.74) is -0.385. The molecule has 0 amide bonds. The second-order valence-corrected chi connectivity index (χ2v) is 5.06. The first kappa shape index (κ1) is 12.2. The fraction of sp³-hybridized carbons (Fsp3) is 0.583. The molecule has 0 aliphatic rings. The monoisotopic (exact) mass is 222 g/mol. The maximum atomic E-state index is 9.27. The molecule has 0 radical (unpaired) electrons. The lowest BCUT2D eigenvalue weighted by Crippen LogP contribution is -2.47. The van der Waals surface area contributed by atoms with Gasteiger partial charge >= 0.3 is 0 Å². The average Bonchev–Trinajstić information content (AvgIpc) is 2.72. The second kappa shape index (κ2) is 5.29. The zero-order valence-corrected chi connectivity index (χ0v) is 10.4. The minimum Gasteiger partial charge on any atom is -0.294 e. The summed E-state index contributed by atoms with van der Waals surface area (Å²) in [6.07, 6.45) is 0.840. The Hall–Kier alpha value is -0.850. The molecule has 0 bridgehead atoms. The van der Waals surface area contributed by atoms with Crippen molar-refractivity contribution in [2.24, 2.45) is 5.92 Å². The lowest BCUT2D eigenvalue weighted by Gasteiger charge is -2.30. The Labute approximate surface area is 95.9 Å². The number of hydrogen-bond donors (Lipinski definition) is 1. The number of thiophene rings is 1. The first-order valence-electron chi connectivity index (χ1n) is 5.33. The molecule has 0 saturated heterocycles. The Kier molecular flexibility index (Phi) is 4.31. The minimum absolute atomic E-state index is 0.326. The standard InChI is InChI=1S/C12H18N2S/c1-4-12(9-13,10(2)3)14-8-11-6-5-7-15-11/h5-7,10,14H,4,8H2,1-3H3. The first-order valence-corrected chi connectivity index (χ1v) is 6.21. The predicted molar refractivity (Wildman–Crippen MR) is 64.6 cm³/mol. The molecule has 0 spiro atoms. The Morgan fingerprint density at radius 2 is 2.33 bits per heavy atom. The summed E-state index contributed by atoms with van der Waals surface area (Å²) < 4.78 is 0. The van der Waals surface area contributed by atoms with Gasteiger partial charge in [0.15, 0.2) is 0 Å². The molecular weight excluding hydrogens is 204 g/mol. The van der Waals surface area contributed by atoms with Crippen LogP contribution in [0.4, 0.5) is 0 Å². The lowest BCUT2D eigenvalue weighted by atomic mass is 9.85. The molecule has 0 aliphatic carbocycles. The zero-order chi connectivity index (χ0) is 11.3. The fourth-order valence-corrected chi connectivity index (χ4v) is 2.29. The third-order valence-electron chi connectivity index (χ3n) is 2.90. The third-order valence-corrected chi connectivity index (χ3v) is 3.78. The van der Waals surface area contributed by atoms with Gasteiger partial charge in [0, 0.05) is 11.4 Å². The molecule has 1 N–H and O–H groups in total. The van der Waals surface area contributed by atoms with Crippen molar-refractivity contribution >= 4 is 11.3 Å². The van der Waals surface area contributed by atoms with Crippen LogP contribution in [-0.2, 0) is 6.54 Å². The van der Waals surface area contributed by atoms with E-state index >= 15 is 0 Å². The topological polar surface area (TPSA) is 35.8 Å². The van der Waals surface area contributed by atoms with E-state index in [9.17, 15) is 5.26 Å². The summed E-state index contributed by atoms with van der Waals surface area (Å²) in [5, 5.41) is 14.7. The van der Waals surface area contributed by atoms with Crippen LogP contribution in [0.1, 0.15) is 32.1 Å². The summed E-state index contributed by atoms with van der Waals surface area (Å²) >= 11 is 1.72. The molecular formula is C12H18N2S. The van der Waals surface area contributed by atoms with Crippen LogP contribution in [0.15, 0.2) is 17.5 Å². The number of nitriles is 1. The average molecular weight is 222 g/mol. The maximum Gasteiger partial charge on any atom is 0.109 e. The maximum absolute atomic E-state index is 9.27. The Balaban J connectivity index is 2.64. The number of rotatable bonds is 5. The van der Waals surface area contributed by atoms with Gasteiger partial charge in [-0.15, -0.1) is 11.3 Å². The van der Waals surface area contributed by atoms with Crippen LogP contribution in [0.3, 0.4) is 0 Å². The van der Waals surface area contributed by atoms with Crippen molar-refractivity contribution < 1.29 is 0 Å². The number of nitrogens with zero attached hydrogens (tertiary/aromatic N) is 1. The van der Waals surface area contributed by atoms with Gasteiger partial charge in [-0.2, -0.15) is 5.26 Å². The Morgan fingerprint density at radius 1 is 1.60 bits per heavy atom. The van der Waals surface area contributed by atoms with Crippen LogP contribution >= 0.6 is 11.3 Å². The van der Waals surface area contributed by atoms with Crippen LogP contribution in [0.2, 0.25) is 0 Å². The molecule has 15 heavy (non-hydrogen) atoms. The van der Waals surface area contributed by atoms with E-state index in [1.807, 2.05) is 6.07 Å². The lowest BCUT2D eigenvalue weighted by molar-refractivity contribution is 0.299. The molecule has 2 nitrogen and oxygen atoms in total. The molecule has 0 aliphatic heterocycles. The van der Waals surface area contributed by atoms with Crippen LogP contribution in [0.5, 0.6) is 0 Å². The van der Waals surface area contributed by atoms with Gasteiger partial charge in [0.25, 0.3) is 0 Å². The summed E-state index contributed by atoms with van der Waals surface area (Å²) in [6, 6.07) is 6.55. The zero-order valence-electron chi connectivity index (χ0n) is 9.58. The van der Waals surface area contributed by atoms with E-state index in [0.29, 0.717) is 5.92 Å². The smallest absolute Gasteiger partial charge is 0.109 e. The third kappa shape index (κ3) is 2.80. The summed E-state index contributed by atoms with van der Waals surface area (Å²) in [5.74, 6) is 0.326. The molecule has 1 unspecified atom stereocenters. The molecule has 1 aromatic heterocycles. The van der Waals surface area contributed by atoms with Gasteiger partial charge in [0.05, 0.1) is 6.07 Å². The number of nitrogens with one attached hydrogen (secondary N) is 1. The SMILES string of the molecule is CCC(C#N)(NCc1cccs1)C(C)C. The van der Waals surface area contributed by atoms with E-state index in [1.54, 1.807) is 11.3 Å². The molecule has 0 fully saturated rings. The molecule has 3 heteroatoms. The van der Waals surface area contributed by atoms with E-state index < -0.39 is 0 Å². The van der Waals surface area contributed by atoms with Crippen molar-refractivity contribution in [1.29, 1.82) is 5.26 Å². The molecule has 1 rings (SSSR count). The summed E-state index contributed by atoms with van der Waals surface area (Å²) in [7, 11) is 0. The highest BCUT2D eigenvalue weighted by Crippen LogP contribution is 2.21. The quantitative estimate of drug-likeness (QED) is 0.830. The van der Waals surface area contributed by atoms with Gasteiger partial charge in [-0.05, 0) is 23.8 Å². The second-order valence-electron chi connectivity index (χ2n) is 4.02. The summed E-state index contributed by atoms with van der Waals surface area (Å²) in [6.45, 7) is 7.03. The van der Waals surface area contributed by atoms with Gasteiger partial charge in [-0.1, -0.05) is 26.8 Å². The fourth-order valence-electron chi connectivity index (χ4n) is 1.64. The minimum atomic E-state index is -0.385. The first-order chi connectivity index (χ1) is 7.14. The van der Waals surface area contributed by atoms with Crippen LogP contribution < -0.4 is 5.32 Å². The molecule has 1 atom stereocenters. The highest BCUT2D eigenvalue weighted by Gasteiger charge is 2.31.